The molecule has 2 N–H and O–H groups in total. The quantitative estimate of drug-likeness (QED) is 0.651. The van der Waals surface area contributed by atoms with Gasteiger partial charge in [-0.1, -0.05) is 0 Å². The monoisotopic (exact) mass is 336 g/mol. The number of halogens is 6. The van der Waals surface area contributed by atoms with Gasteiger partial charge in [-0.3, -0.25) is 0 Å². The van der Waals surface area contributed by atoms with Crippen LogP contribution in [0, 0.1) is 11.8 Å². The van der Waals surface area contributed by atoms with Crippen molar-refractivity contribution in [3.63, 3.8) is 0 Å². The summed E-state index contributed by atoms with van der Waals surface area (Å²) in [6.07, 6.45) is -7.59. The highest BCUT2D eigenvalue weighted by Crippen LogP contribution is 2.38. The van der Waals surface area contributed by atoms with E-state index in [9.17, 15) is 26.3 Å². The first-order valence-corrected chi connectivity index (χ1v) is 7.49. The number of hydrogen-bond acceptors (Lipinski definition) is 2. The molecule has 2 nitrogen and oxygen atoms in total. The fourth-order valence-electron chi connectivity index (χ4n) is 2.81. The largest absolute Gasteiger partial charge is 0.393 e. The zero-order valence-corrected chi connectivity index (χ0v) is 12.1. The van der Waals surface area contributed by atoms with Crippen molar-refractivity contribution in [1.82, 2.24) is 0 Å². The minimum atomic E-state index is -4.06. The van der Waals surface area contributed by atoms with Gasteiger partial charge in [-0.2, -0.15) is 26.3 Å². The normalized spacial score (nSPS) is 33.8. The second-order valence-corrected chi connectivity index (χ2v) is 6.09. The minimum Gasteiger partial charge on any atom is -0.393 e. The summed E-state index contributed by atoms with van der Waals surface area (Å²) in [5, 5.41) is 17.9. The molecule has 2 aliphatic carbocycles. The van der Waals surface area contributed by atoms with E-state index in [1.54, 1.807) is 0 Å². The number of alkyl halides is 6. The predicted octanol–water partition coefficient (Wildman–Crippen LogP) is 4.20. The van der Waals surface area contributed by atoms with E-state index in [0.29, 0.717) is 25.7 Å². The fraction of sp³-hybridized carbons (Fsp3) is 1.00. The Hall–Kier alpha value is -0.500. The van der Waals surface area contributed by atoms with E-state index in [2.05, 4.69) is 0 Å². The molecule has 2 rings (SSSR count). The Morgan fingerprint density at radius 3 is 0.909 bits per heavy atom. The summed E-state index contributed by atoms with van der Waals surface area (Å²) >= 11 is 0. The number of rotatable bonds is 0. The average Bonchev–Trinajstić information content (AvgIpc) is 2.38. The Morgan fingerprint density at radius 1 is 0.500 bits per heavy atom. The van der Waals surface area contributed by atoms with E-state index in [-0.39, 0.29) is 25.7 Å². The van der Waals surface area contributed by atoms with Crippen LogP contribution >= 0.6 is 0 Å². The van der Waals surface area contributed by atoms with Gasteiger partial charge in [0.15, 0.2) is 0 Å². The highest BCUT2D eigenvalue weighted by atomic mass is 19.4. The van der Waals surface area contributed by atoms with Crippen LogP contribution in [-0.2, 0) is 0 Å². The van der Waals surface area contributed by atoms with Crippen LogP contribution in [0.15, 0.2) is 0 Å². The van der Waals surface area contributed by atoms with Crippen LogP contribution in [0.3, 0.4) is 0 Å². The van der Waals surface area contributed by atoms with Crippen molar-refractivity contribution in [3.8, 4) is 0 Å². The van der Waals surface area contributed by atoms with Crippen LogP contribution in [0.25, 0.3) is 0 Å². The lowest BCUT2D eigenvalue weighted by atomic mass is 9.87. The Bertz CT molecular complexity index is 280. The average molecular weight is 336 g/mol. The predicted molar refractivity (Wildman–Crippen MR) is 68.0 cm³/mol. The summed E-state index contributed by atoms with van der Waals surface area (Å²) in [6, 6.07) is 0. The van der Waals surface area contributed by atoms with Crippen molar-refractivity contribution in [2.45, 2.75) is 75.9 Å². The number of aliphatic hydroxyl groups is 2. The summed E-state index contributed by atoms with van der Waals surface area (Å²) in [4.78, 5) is 0. The van der Waals surface area contributed by atoms with Crippen LogP contribution in [0.1, 0.15) is 51.4 Å². The van der Waals surface area contributed by atoms with Gasteiger partial charge < -0.3 is 10.2 Å². The van der Waals surface area contributed by atoms with E-state index in [4.69, 9.17) is 10.2 Å². The topological polar surface area (TPSA) is 40.5 Å². The second kappa shape index (κ2) is 7.86. The van der Waals surface area contributed by atoms with Crippen LogP contribution < -0.4 is 0 Å². The molecule has 2 saturated carbocycles. The molecular weight excluding hydrogens is 314 g/mol. The zero-order valence-electron chi connectivity index (χ0n) is 12.1. The zero-order chi connectivity index (χ0) is 17.0. The maximum atomic E-state index is 12.0. The summed E-state index contributed by atoms with van der Waals surface area (Å²) < 4.78 is 71.9. The summed E-state index contributed by atoms with van der Waals surface area (Å²) in [7, 11) is 0. The van der Waals surface area contributed by atoms with E-state index in [1.807, 2.05) is 0 Å². The van der Waals surface area contributed by atoms with Crippen LogP contribution in [0.4, 0.5) is 26.3 Å². The maximum Gasteiger partial charge on any atom is 0.391 e. The lowest BCUT2D eigenvalue weighted by Crippen LogP contribution is -2.29. The van der Waals surface area contributed by atoms with Gasteiger partial charge in [-0.15, -0.1) is 0 Å². The lowest BCUT2D eigenvalue weighted by molar-refractivity contribution is -0.186. The van der Waals surface area contributed by atoms with Gasteiger partial charge in [-0.25, -0.2) is 0 Å². The highest BCUT2D eigenvalue weighted by Gasteiger charge is 2.41. The molecule has 0 unspecified atom stereocenters. The fourth-order valence-corrected chi connectivity index (χ4v) is 2.81. The van der Waals surface area contributed by atoms with E-state index in [0.717, 1.165) is 0 Å². The van der Waals surface area contributed by atoms with Crippen LogP contribution in [0.5, 0.6) is 0 Å². The van der Waals surface area contributed by atoms with Crippen molar-refractivity contribution in [2.75, 3.05) is 0 Å². The summed E-state index contributed by atoms with van der Waals surface area (Å²) in [5.74, 6) is -2.35. The van der Waals surface area contributed by atoms with Crippen molar-refractivity contribution in [1.29, 1.82) is 0 Å². The Kier molecular flexibility index (Phi) is 6.98. The van der Waals surface area contributed by atoms with Gasteiger partial charge in [0, 0.05) is 0 Å². The molecule has 132 valence electrons. The Morgan fingerprint density at radius 2 is 0.727 bits per heavy atom. The van der Waals surface area contributed by atoms with E-state index in [1.165, 1.54) is 0 Å². The molecule has 0 atom stereocenters. The molecule has 0 spiro atoms. The van der Waals surface area contributed by atoms with Gasteiger partial charge in [0.05, 0.1) is 24.0 Å². The molecule has 8 heteroatoms. The van der Waals surface area contributed by atoms with E-state index >= 15 is 0 Å². The molecule has 22 heavy (non-hydrogen) atoms. The molecule has 0 bridgehead atoms. The molecule has 0 aromatic heterocycles. The van der Waals surface area contributed by atoms with Crippen LogP contribution in [-0.4, -0.2) is 34.8 Å². The first-order valence-electron chi connectivity index (χ1n) is 7.49. The van der Waals surface area contributed by atoms with E-state index < -0.39 is 36.4 Å². The highest BCUT2D eigenvalue weighted by molar-refractivity contribution is 4.77. The number of hydrogen-bond donors (Lipinski definition) is 2. The van der Waals surface area contributed by atoms with Gasteiger partial charge in [-0.05, 0) is 51.4 Å². The first kappa shape index (κ1) is 19.5. The molecule has 2 fully saturated rings. The Labute approximate surface area is 125 Å². The minimum absolute atomic E-state index is 0.0880. The standard InChI is InChI=1S/2C7H11F3O/c2*8-7(9,10)5-1-3-6(11)4-2-5/h2*5-6,11H,1-4H2. The molecule has 0 aromatic carbocycles. The smallest absolute Gasteiger partial charge is 0.391 e. The maximum absolute atomic E-state index is 12.0. The molecule has 0 heterocycles. The van der Waals surface area contributed by atoms with Crippen molar-refractivity contribution >= 4 is 0 Å². The van der Waals surface area contributed by atoms with Crippen molar-refractivity contribution in [3.05, 3.63) is 0 Å². The van der Waals surface area contributed by atoms with Crippen molar-refractivity contribution in [2.24, 2.45) is 11.8 Å². The third-order valence-electron chi connectivity index (χ3n) is 4.32. The SMILES string of the molecule is OC1CCC(C(F)(F)F)CC1.OC1CCC(C(F)(F)F)CC1. The van der Waals surface area contributed by atoms with Gasteiger partial charge in [0.25, 0.3) is 0 Å². The summed E-state index contributed by atoms with van der Waals surface area (Å²) in [6.45, 7) is 0. The van der Waals surface area contributed by atoms with Gasteiger partial charge in [0.2, 0.25) is 0 Å². The second-order valence-electron chi connectivity index (χ2n) is 6.09. The molecule has 0 aromatic rings. The third-order valence-corrected chi connectivity index (χ3v) is 4.32. The molecule has 0 saturated heterocycles. The van der Waals surface area contributed by atoms with Gasteiger partial charge >= 0.3 is 12.4 Å². The Balaban J connectivity index is 0.000000220. The first-order chi connectivity index (χ1) is 10.00. The number of aliphatic hydroxyl groups excluding tert-OH is 2. The molecule has 2 aliphatic rings. The van der Waals surface area contributed by atoms with Crippen LogP contribution in [0.2, 0.25) is 0 Å². The molecule has 0 aliphatic heterocycles. The molecular formula is C14H22F6O2. The summed E-state index contributed by atoms with van der Waals surface area (Å²) in [5.41, 5.74) is 0. The molecule has 0 radical (unpaired) electrons. The lowest BCUT2D eigenvalue weighted by Gasteiger charge is -2.26. The van der Waals surface area contributed by atoms with Crippen molar-refractivity contribution < 1.29 is 36.6 Å². The van der Waals surface area contributed by atoms with Gasteiger partial charge in [0.1, 0.15) is 0 Å². The molecule has 0 amide bonds. The third kappa shape index (κ3) is 6.73.